The molecule has 0 fully saturated rings. The Morgan fingerprint density at radius 3 is 2.61 bits per heavy atom. The average molecular weight is 355 g/mol. The van der Waals surface area contributed by atoms with Crippen LogP contribution in [0.5, 0.6) is 0 Å². The van der Waals surface area contributed by atoms with Crippen molar-refractivity contribution in [2.75, 3.05) is 5.32 Å². The minimum absolute atomic E-state index is 0.0499. The fraction of sp³-hybridized carbons (Fsp3) is 0.0714. The number of halogens is 2. The lowest BCUT2D eigenvalue weighted by molar-refractivity contribution is 0.102. The van der Waals surface area contributed by atoms with Crippen molar-refractivity contribution in [2.24, 2.45) is 0 Å². The molecule has 0 aromatic heterocycles. The minimum Gasteiger partial charge on any atom is -0.321 e. The minimum atomic E-state index is -0.517. The van der Waals surface area contributed by atoms with Gasteiger partial charge in [0.15, 0.2) is 0 Å². The van der Waals surface area contributed by atoms with E-state index in [9.17, 15) is 9.18 Å². The maximum Gasteiger partial charge on any atom is 0.258 e. The molecule has 4 heteroatoms. The van der Waals surface area contributed by atoms with E-state index in [2.05, 4.69) is 27.9 Å². The molecule has 1 amide bonds. The van der Waals surface area contributed by atoms with Gasteiger partial charge in [-0.2, -0.15) is 0 Å². The van der Waals surface area contributed by atoms with Crippen LogP contribution in [0.3, 0.4) is 0 Å². The first-order valence-corrected chi connectivity index (χ1v) is 6.48. The summed E-state index contributed by atoms with van der Waals surface area (Å²) < 4.78 is 14.4. The predicted octanol–water partition coefficient (Wildman–Crippen LogP) is 3.99. The van der Waals surface area contributed by atoms with Crippen molar-refractivity contribution in [2.45, 2.75) is 6.92 Å². The van der Waals surface area contributed by atoms with Gasteiger partial charge in [-0.15, -0.1) is 0 Å². The highest BCUT2D eigenvalue weighted by molar-refractivity contribution is 14.1. The van der Waals surface area contributed by atoms with Crippen molar-refractivity contribution >= 4 is 34.2 Å². The molecule has 1 N–H and O–H groups in total. The summed E-state index contributed by atoms with van der Waals surface area (Å²) in [6.07, 6.45) is 0. The Bertz CT molecular complexity index is 598. The van der Waals surface area contributed by atoms with E-state index in [1.807, 2.05) is 25.1 Å². The number of carbonyl (C=O) groups excluding carboxylic acids is 1. The van der Waals surface area contributed by atoms with Crippen LogP contribution < -0.4 is 5.32 Å². The van der Waals surface area contributed by atoms with Gasteiger partial charge in [0.05, 0.1) is 11.3 Å². The Kier molecular flexibility index (Phi) is 3.96. The molecule has 0 radical (unpaired) electrons. The van der Waals surface area contributed by atoms with Crippen LogP contribution in [-0.2, 0) is 0 Å². The number of benzene rings is 2. The summed E-state index contributed by atoms with van der Waals surface area (Å²) in [5.74, 6) is -0.952. The molecule has 0 aliphatic rings. The van der Waals surface area contributed by atoms with E-state index in [0.717, 1.165) is 9.13 Å². The van der Waals surface area contributed by atoms with Crippen molar-refractivity contribution in [3.8, 4) is 0 Å². The van der Waals surface area contributed by atoms with Crippen LogP contribution in [0.4, 0.5) is 10.1 Å². The first kappa shape index (κ1) is 13.0. The lowest BCUT2D eigenvalue weighted by Gasteiger charge is -2.08. The maximum absolute atomic E-state index is 13.4. The summed E-state index contributed by atoms with van der Waals surface area (Å²) in [5.41, 5.74) is 1.85. The highest BCUT2D eigenvalue weighted by Crippen LogP contribution is 2.20. The average Bonchev–Trinajstić information content (AvgIpc) is 2.33. The molecule has 0 atom stereocenters. The zero-order valence-corrected chi connectivity index (χ0v) is 11.9. The van der Waals surface area contributed by atoms with Crippen LogP contribution in [-0.4, -0.2) is 5.91 Å². The molecule has 0 saturated heterocycles. The van der Waals surface area contributed by atoms with Gasteiger partial charge in [0.25, 0.3) is 5.91 Å². The number of nitrogens with one attached hydrogen (secondary N) is 1. The summed E-state index contributed by atoms with van der Waals surface area (Å²) in [4.78, 5) is 11.9. The van der Waals surface area contributed by atoms with Gasteiger partial charge in [-0.1, -0.05) is 18.2 Å². The van der Waals surface area contributed by atoms with Crippen molar-refractivity contribution in [3.05, 3.63) is 63.0 Å². The van der Waals surface area contributed by atoms with Gasteiger partial charge >= 0.3 is 0 Å². The fourth-order valence-corrected chi connectivity index (χ4v) is 2.36. The van der Waals surface area contributed by atoms with E-state index >= 15 is 0 Å². The Balaban J connectivity index is 2.24. The Hall–Kier alpha value is -1.43. The summed E-state index contributed by atoms with van der Waals surface area (Å²) in [7, 11) is 0. The molecule has 18 heavy (non-hydrogen) atoms. The zero-order valence-electron chi connectivity index (χ0n) is 9.71. The van der Waals surface area contributed by atoms with E-state index in [1.165, 1.54) is 12.1 Å². The second kappa shape index (κ2) is 5.48. The van der Waals surface area contributed by atoms with Gasteiger partial charge in [0.1, 0.15) is 5.82 Å². The van der Waals surface area contributed by atoms with Crippen molar-refractivity contribution in [3.63, 3.8) is 0 Å². The van der Waals surface area contributed by atoms with Crippen molar-refractivity contribution in [1.82, 2.24) is 0 Å². The van der Waals surface area contributed by atoms with E-state index < -0.39 is 11.7 Å². The van der Waals surface area contributed by atoms with Crippen LogP contribution in [0.1, 0.15) is 15.9 Å². The van der Waals surface area contributed by atoms with Gasteiger partial charge < -0.3 is 5.32 Å². The normalized spacial score (nSPS) is 10.2. The number of hydrogen-bond donors (Lipinski definition) is 1. The first-order chi connectivity index (χ1) is 8.58. The van der Waals surface area contributed by atoms with Gasteiger partial charge in [0.2, 0.25) is 0 Å². The first-order valence-electron chi connectivity index (χ1n) is 5.40. The number of aryl methyl sites for hydroxylation is 1. The molecule has 2 aromatic carbocycles. The van der Waals surface area contributed by atoms with Gasteiger partial charge in [-0.05, 0) is 59.3 Å². The maximum atomic E-state index is 13.4. The molecule has 0 saturated carbocycles. The topological polar surface area (TPSA) is 29.1 Å². The van der Waals surface area contributed by atoms with E-state index in [0.29, 0.717) is 5.69 Å². The van der Waals surface area contributed by atoms with Gasteiger partial charge in [-0.3, -0.25) is 4.79 Å². The molecule has 2 rings (SSSR count). The molecule has 0 aliphatic heterocycles. The van der Waals surface area contributed by atoms with E-state index in [1.54, 1.807) is 12.1 Å². The number of carbonyl (C=O) groups is 1. The zero-order chi connectivity index (χ0) is 13.1. The molecule has 92 valence electrons. The number of hydrogen-bond acceptors (Lipinski definition) is 1. The second-order valence-corrected chi connectivity index (χ2v) is 5.08. The number of amides is 1. The van der Waals surface area contributed by atoms with E-state index in [-0.39, 0.29) is 5.56 Å². The van der Waals surface area contributed by atoms with Crippen LogP contribution in [0.2, 0.25) is 0 Å². The fourth-order valence-electron chi connectivity index (χ4n) is 1.56. The molecule has 0 spiro atoms. The lowest BCUT2D eigenvalue weighted by Crippen LogP contribution is -2.14. The molecule has 0 bridgehead atoms. The molecule has 0 aliphatic carbocycles. The van der Waals surface area contributed by atoms with Crippen LogP contribution in [0.25, 0.3) is 0 Å². The summed E-state index contributed by atoms with van der Waals surface area (Å²) >= 11 is 2.14. The number of rotatable bonds is 2. The molecule has 0 unspecified atom stereocenters. The SMILES string of the molecule is Cc1ccc(NC(=O)c2ccccc2F)c(I)c1. The standard InChI is InChI=1S/C14H11FINO/c1-9-6-7-13(12(16)8-9)17-14(18)10-4-2-3-5-11(10)15/h2-8H,1H3,(H,17,18). The summed E-state index contributed by atoms with van der Waals surface area (Å²) in [6.45, 7) is 1.98. The summed E-state index contributed by atoms with van der Waals surface area (Å²) in [5, 5.41) is 2.71. The molecular weight excluding hydrogens is 344 g/mol. The van der Waals surface area contributed by atoms with Crippen LogP contribution in [0.15, 0.2) is 42.5 Å². The second-order valence-electron chi connectivity index (χ2n) is 3.92. The monoisotopic (exact) mass is 355 g/mol. The van der Waals surface area contributed by atoms with Crippen molar-refractivity contribution in [1.29, 1.82) is 0 Å². The van der Waals surface area contributed by atoms with Crippen LogP contribution in [0, 0.1) is 16.3 Å². The largest absolute Gasteiger partial charge is 0.321 e. The lowest BCUT2D eigenvalue weighted by atomic mass is 10.2. The molecule has 0 heterocycles. The smallest absolute Gasteiger partial charge is 0.258 e. The third-order valence-corrected chi connectivity index (χ3v) is 3.38. The van der Waals surface area contributed by atoms with E-state index in [4.69, 9.17) is 0 Å². The number of anilines is 1. The Morgan fingerprint density at radius 1 is 1.22 bits per heavy atom. The summed E-state index contributed by atoms with van der Waals surface area (Å²) in [6, 6.07) is 11.6. The highest BCUT2D eigenvalue weighted by Gasteiger charge is 2.12. The Labute approximate surface area is 118 Å². The Morgan fingerprint density at radius 2 is 1.94 bits per heavy atom. The van der Waals surface area contributed by atoms with Crippen molar-refractivity contribution < 1.29 is 9.18 Å². The molecule has 2 aromatic rings. The quantitative estimate of drug-likeness (QED) is 0.811. The molecule has 2 nitrogen and oxygen atoms in total. The van der Waals surface area contributed by atoms with Gasteiger partial charge in [-0.25, -0.2) is 4.39 Å². The highest BCUT2D eigenvalue weighted by atomic mass is 127. The van der Waals surface area contributed by atoms with Crippen LogP contribution >= 0.6 is 22.6 Å². The third-order valence-electron chi connectivity index (χ3n) is 2.49. The van der Waals surface area contributed by atoms with Gasteiger partial charge in [0, 0.05) is 3.57 Å². The third kappa shape index (κ3) is 2.87. The molecular formula is C14H11FINO. The predicted molar refractivity (Wildman–Crippen MR) is 78.2 cm³/mol.